The second-order valence-electron chi connectivity index (χ2n) is 4.58. The van der Waals surface area contributed by atoms with Gasteiger partial charge >= 0.3 is 5.97 Å². The molecule has 0 aliphatic heterocycles. The SMILES string of the molecule is O=C(OCc1nc(-c2ccccc2Cl)no1)c1cccc(Cl)c1. The summed E-state index contributed by atoms with van der Waals surface area (Å²) in [6.07, 6.45) is 0. The van der Waals surface area contributed by atoms with Gasteiger partial charge in [-0.1, -0.05) is 46.6 Å². The minimum Gasteiger partial charge on any atom is -0.452 e. The molecule has 0 saturated carbocycles. The summed E-state index contributed by atoms with van der Waals surface area (Å²) >= 11 is 11.9. The molecule has 23 heavy (non-hydrogen) atoms. The zero-order chi connectivity index (χ0) is 16.2. The standard InChI is InChI=1S/C16H10Cl2N2O3/c17-11-5-3-4-10(8-11)16(21)22-9-14-19-15(20-23-14)12-6-1-2-7-13(12)18/h1-8H,9H2. The number of halogens is 2. The van der Waals surface area contributed by atoms with Crippen LogP contribution in [0.5, 0.6) is 0 Å². The first-order valence-corrected chi connectivity index (χ1v) is 7.39. The van der Waals surface area contributed by atoms with Crippen molar-refractivity contribution in [1.29, 1.82) is 0 Å². The molecule has 0 amide bonds. The molecule has 0 atom stereocenters. The Bertz CT molecular complexity index is 849. The maximum atomic E-state index is 11.9. The van der Waals surface area contributed by atoms with Gasteiger partial charge in [0.05, 0.1) is 10.6 Å². The number of carbonyl (C=O) groups excluding carboxylic acids is 1. The fraction of sp³-hybridized carbons (Fsp3) is 0.0625. The van der Waals surface area contributed by atoms with E-state index in [4.69, 9.17) is 32.5 Å². The predicted octanol–water partition coefficient (Wildman–Crippen LogP) is 4.40. The van der Waals surface area contributed by atoms with Gasteiger partial charge in [0.25, 0.3) is 5.89 Å². The van der Waals surface area contributed by atoms with Gasteiger partial charge in [0, 0.05) is 10.6 Å². The third-order valence-corrected chi connectivity index (χ3v) is 3.53. The van der Waals surface area contributed by atoms with Crippen molar-refractivity contribution in [1.82, 2.24) is 10.1 Å². The number of hydrogen-bond donors (Lipinski definition) is 0. The van der Waals surface area contributed by atoms with Crippen LogP contribution in [0.4, 0.5) is 0 Å². The smallest absolute Gasteiger partial charge is 0.338 e. The van der Waals surface area contributed by atoms with E-state index in [1.54, 1.807) is 36.4 Å². The van der Waals surface area contributed by atoms with Crippen LogP contribution in [0.1, 0.15) is 16.2 Å². The summed E-state index contributed by atoms with van der Waals surface area (Å²) in [7, 11) is 0. The molecule has 1 heterocycles. The number of carbonyl (C=O) groups is 1. The van der Waals surface area contributed by atoms with Crippen molar-refractivity contribution < 1.29 is 14.1 Å². The maximum absolute atomic E-state index is 11.9. The van der Waals surface area contributed by atoms with Gasteiger partial charge in [-0.05, 0) is 30.3 Å². The second kappa shape index (κ2) is 6.81. The fourth-order valence-corrected chi connectivity index (χ4v) is 2.30. The molecule has 0 aliphatic carbocycles. The Labute approximate surface area is 141 Å². The van der Waals surface area contributed by atoms with Gasteiger partial charge < -0.3 is 9.26 Å². The lowest BCUT2D eigenvalue weighted by Crippen LogP contribution is -2.05. The fourth-order valence-electron chi connectivity index (χ4n) is 1.89. The molecule has 0 fully saturated rings. The first-order chi connectivity index (χ1) is 11.1. The van der Waals surface area contributed by atoms with Crippen LogP contribution in [0.2, 0.25) is 10.0 Å². The van der Waals surface area contributed by atoms with E-state index in [9.17, 15) is 4.79 Å². The van der Waals surface area contributed by atoms with Crippen molar-refractivity contribution in [2.75, 3.05) is 0 Å². The molecule has 116 valence electrons. The van der Waals surface area contributed by atoms with Crippen molar-refractivity contribution >= 4 is 29.2 Å². The average Bonchev–Trinajstić information content (AvgIpc) is 3.02. The van der Waals surface area contributed by atoms with Crippen LogP contribution in [0.15, 0.2) is 53.1 Å². The van der Waals surface area contributed by atoms with Gasteiger partial charge in [-0.25, -0.2) is 4.79 Å². The van der Waals surface area contributed by atoms with Crippen LogP contribution in [0.25, 0.3) is 11.4 Å². The average molecular weight is 349 g/mol. The molecule has 0 saturated heterocycles. The Morgan fingerprint density at radius 2 is 1.96 bits per heavy atom. The zero-order valence-electron chi connectivity index (χ0n) is 11.7. The Morgan fingerprint density at radius 1 is 1.13 bits per heavy atom. The number of rotatable bonds is 4. The Balaban J connectivity index is 1.68. The quantitative estimate of drug-likeness (QED) is 0.653. The monoisotopic (exact) mass is 348 g/mol. The Hall–Kier alpha value is -2.37. The highest BCUT2D eigenvalue weighted by atomic mass is 35.5. The number of benzene rings is 2. The van der Waals surface area contributed by atoms with Gasteiger partial charge in [-0.2, -0.15) is 4.98 Å². The largest absolute Gasteiger partial charge is 0.452 e. The van der Waals surface area contributed by atoms with Crippen molar-refractivity contribution in [3.8, 4) is 11.4 Å². The van der Waals surface area contributed by atoms with Gasteiger partial charge in [0.1, 0.15) is 0 Å². The number of hydrogen-bond acceptors (Lipinski definition) is 5. The van der Waals surface area contributed by atoms with E-state index >= 15 is 0 Å². The van der Waals surface area contributed by atoms with Crippen molar-refractivity contribution in [3.63, 3.8) is 0 Å². The number of aromatic nitrogens is 2. The summed E-state index contributed by atoms with van der Waals surface area (Å²) in [6.45, 7) is -0.136. The van der Waals surface area contributed by atoms with E-state index in [1.807, 2.05) is 6.07 Å². The summed E-state index contributed by atoms with van der Waals surface area (Å²) in [6, 6.07) is 13.6. The molecule has 2 aromatic carbocycles. The van der Waals surface area contributed by atoms with Gasteiger partial charge in [-0.15, -0.1) is 0 Å². The van der Waals surface area contributed by atoms with E-state index in [2.05, 4.69) is 10.1 Å². The summed E-state index contributed by atoms with van der Waals surface area (Å²) in [4.78, 5) is 16.1. The van der Waals surface area contributed by atoms with Gasteiger partial charge in [0.15, 0.2) is 6.61 Å². The van der Waals surface area contributed by atoms with Crippen LogP contribution in [0, 0.1) is 0 Å². The Kier molecular flexibility index (Phi) is 4.60. The summed E-state index contributed by atoms with van der Waals surface area (Å²) in [5, 5.41) is 4.80. The van der Waals surface area contributed by atoms with Crippen LogP contribution >= 0.6 is 23.2 Å². The van der Waals surface area contributed by atoms with E-state index in [0.29, 0.717) is 27.0 Å². The minimum absolute atomic E-state index is 0.136. The molecule has 7 heteroatoms. The molecule has 0 radical (unpaired) electrons. The molecule has 0 N–H and O–H groups in total. The lowest BCUT2D eigenvalue weighted by atomic mass is 10.2. The highest BCUT2D eigenvalue weighted by molar-refractivity contribution is 6.33. The summed E-state index contributed by atoms with van der Waals surface area (Å²) < 4.78 is 10.2. The number of esters is 1. The molecule has 0 spiro atoms. The van der Waals surface area contributed by atoms with E-state index in [-0.39, 0.29) is 12.5 Å². The number of nitrogens with zero attached hydrogens (tertiary/aromatic N) is 2. The molecular weight excluding hydrogens is 339 g/mol. The van der Waals surface area contributed by atoms with Crippen LogP contribution in [-0.4, -0.2) is 16.1 Å². The normalized spacial score (nSPS) is 10.5. The molecule has 0 bridgehead atoms. The molecule has 5 nitrogen and oxygen atoms in total. The minimum atomic E-state index is -0.523. The predicted molar refractivity (Wildman–Crippen MR) is 85.3 cm³/mol. The zero-order valence-corrected chi connectivity index (χ0v) is 13.2. The molecule has 0 aliphatic rings. The maximum Gasteiger partial charge on any atom is 0.338 e. The van der Waals surface area contributed by atoms with E-state index in [1.165, 1.54) is 6.07 Å². The highest BCUT2D eigenvalue weighted by Crippen LogP contribution is 2.25. The number of ether oxygens (including phenoxy) is 1. The first-order valence-electron chi connectivity index (χ1n) is 6.63. The third-order valence-electron chi connectivity index (χ3n) is 2.97. The second-order valence-corrected chi connectivity index (χ2v) is 5.42. The molecule has 3 rings (SSSR count). The van der Waals surface area contributed by atoms with Gasteiger partial charge in [-0.3, -0.25) is 0 Å². The summed E-state index contributed by atoms with van der Waals surface area (Å²) in [5.41, 5.74) is 0.994. The summed E-state index contributed by atoms with van der Waals surface area (Å²) in [5.74, 6) is -0.00954. The van der Waals surface area contributed by atoms with Crippen molar-refractivity contribution in [2.45, 2.75) is 6.61 Å². The molecule has 3 aromatic rings. The third kappa shape index (κ3) is 3.70. The lowest BCUT2D eigenvalue weighted by Gasteiger charge is -2.01. The van der Waals surface area contributed by atoms with Crippen LogP contribution < -0.4 is 0 Å². The molecular formula is C16H10Cl2N2O3. The van der Waals surface area contributed by atoms with Crippen molar-refractivity contribution in [3.05, 3.63) is 70.0 Å². The topological polar surface area (TPSA) is 65.2 Å². The van der Waals surface area contributed by atoms with Crippen molar-refractivity contribution in [2.24, 2.45) is 0 Å². The van der Waals surface area contributed by atoms with Gasteiger partial charge in [0.2, 0.25) is 5.82 Å². The first kappa shape index (κ1) is 15.5. The molecule has 1 aromatic heterocycles. The molecule has 0 unspecified atom stereocenters. The Morgan fingerprint density at radius 3 is 2.74 bits per heavy atom. The van der Waals surface area contributed by atoms with Crippen LogP contribution in [-0.2, 0) is 11.3 Å². The highest BCUT2D eigenvalue weighted by Gasteiger charge is 2.14. The van der Waals surface area contributed by atoms with E-state index in [0.717, 1.165) is 0 Å². The lowest BCUT2D eigenvalue weighted by molar-refractivity contribution is 0.0430. The van der Waals surface area contributed by atoms with E-state index < -0.39 is 5.97 Å². The van der Waals surface area contributed by atoms with Crippen LogP contribution in [0.3, 0.4) is 0 Å².